The summed E-state index contributed by atoms with van der Waals surface area (Å²) in [7, 11) is 1.35. The number of thioether (sulfide) groups is 1. The Balaban J connectivity index is 1.79. The first-order valence-electron chi connectivity index (χ1n) is 5.62. The van der Waals surface area contributed by atoms with Crippen LogP contribution in [0.3, 0.4) is 0 Å². The maximum absolute atomic E-state index is 11.2. The number of rotatable bonds is 6. The van der Waals surface area contributed by atoms with Crippen LogP contribution in [0.1, 0.15) is 29.2 Å². The molecule has 1 aromatic rings. The van der Waals surface area contributed by atoms with Crippen molar-refractivity contribution in [3.05, 3.63) is 23.7 Å². The maximum atomic E-state index is 11.2. The van der Waals surface area contributed by atoms with Crippen LogP contribution < -0.4 is 5.32 Å². The van der Waals surface area contributed by atoms with Crippen molar-refractivity contribution in [2.24, 2.45) is 0 Å². The van der Waals surface area contributed by atoms with E-state index in [2.05, 4.69) is 16.3 Å². The highest BCUT2D eigenvalue weighted by Crippen LogP contribution is 2.46. The Morgan fingerprint density at radius 3 is 2.94 bits per heavy atom. The van der Waals surface area contributed by atoms with Gasteiger partial charge in [0.1, 0.15) is 5.76 Å². The number of nitrogens with one attached hydrogen (secondary N) is 1. The van der Waals surface area contributed by atoms with Gasteiger partial charge >= 0.3 is 5.97 Å². The summed E-state index contributed by atoms with van der Waals surface area (Å²) in [5, 5.41) is 3.36. The summed E-state index contributed by atoms with van der Waals surface area (Å²) < 4.78 is 10.4. The molecule has 0 unspecified atom stereocenters. The highest BCUT2D eigenvalue weighted by atomic mass is 32.2. The molecule has 1 N–H and O–H groups in total. The molecule has 0 spiro atoms. The molecule has 0 atom stereocenters. The van der Waals surface area contributed by atoms with Gasteiger partial charge in [-0.1, -0.05) is 0 Å². The molecule has 1 aliphatic carbocycles. The van der Waals surface area contributed by atoms with Gasteiger partial charge < -0.3 is 14.5 Å². The molecule has 94 valence electrons. The molecule has 0 aromatic carbocycles. The first-order valence-corrected chi connectivity index (χ1v) is 6.84. The normalized spacial score (nSPS) is 16.8. The molecule has 1 fully saturated rings. The Hall–Kier alpha value is -0.940. The predicted molar refractivity (Wildman–Crippen MR) is 67.2 cm³/mol. The Bertz CT molecular complexity index is 398. The third-order valence-corrected chi connectivity index (χ3v) is 4.45. The number of methoxy groups -OCH3 is 1. The summed E-state index contributed by atoms with van der Waals surface area (Å²) in [4.78, 5) is 11.2. The van der Waals surface area contributed by atoms with Crippen molar-refractivity contribution < 1.29 is 13.9 Å². The SMILES string of the molecule is COC(=O)c1ccc(CNCC2(SC)CC2)o1. The van der Waals surface area contributed by atoms with Crippen molar-refractivity contribution in [3.8, 4) is 0 Å². The number of esters is 1. The van der Waals surface area contributed by atoms with E-state index in [1.165, 1.54) is 20.0 Å². The average Bonchev–Trinajstić information content (AvgIpc) is 2.98. The third kappa shape index (κ3) is 3.04. The lowest BCUT2D eigenvalue weighted by molar-refractivity contribution is 0.0563. The second-order valence-electron chi connectivity index (χ2n) is 4.25. The lowest BCUT2D eigenvalue weighted by Crippen LogP contribution is -2.25. The smallest absolute Gasteiger partial charge is 0.373 e. The third-order valence-electron chi connectivity index (χ3n) is 3.04. The number of furan rings is 1. The van der Waals surface area contributed by atoms with Crippen molar-refractivity contribution in [1.29, 1.82) is 0 Å². The van der Waals surface area contributed by atoms with Crippen LogP contribution in [0.4, 0.5) is 0 Å². The summed E-state index contributed by atoms with van der Waals surface area (Å²) in [6, 6.07) is 3.45. The van der Waals surface area contributed by atoms with Gasteiger partial charge in [0.2, 0.25) is 5.76 Å². The Labute approximate surface area is 105 Å². The summed E-state index contributed by atoms with van der Waals surface area (Å²) in [5.74, 6) is 0.594. The van der Waals surface area contributed by atoms with Crippen LogP contribution in [0.25, 0.3) is 0 Å². The molecular weight excluding hydrogens is 238 g/mol. The largest absolute Gasteiger partial charge is 0.463 e. The number of carbonyl (C=O) groups is 1. The molecule has 4 nitrogen and oxygen atoms in total. The number of hydrogen-bond acceptors (Lipinski definition) is 5. The van der Waals surface area contributed by atoms with E-state index in [9.17, 15) is 4.79 Å². The fourth-order valence-electron chi connectivity index (χ4n) is 1.69. The van der Waals surface area contributed by atoms with Gasteiger partial charge in [0.15, 0.2) is 0 Å². The van der Waals surface area contributed by atoms with E-state index in [-0.39, 0.29) is 5.76 Å². The molecule has 1 aromatic heterocycles. The molecule has 5 heteroatoms. The van der Waals surface area contributed by atoms with Crippen molar-refractivity contribution >= 4 is 17.7 Å². The fourth-order valence-corrected chi connectivity index (χ4v) is 2.45. The second-order valence-corrected chi connectivity index (χ2v) is 5.52. The number of ether oxygens (including phenoxy) is 1. The number of carbonyl (C=O) groups excluding carboxylic acids is 1. The van der Waals surface area contributed by atoms with Crippen molar-refractivity contribution in [1.82, 2.24) is 5.32 Å². The number of hydrogen-bond donors (Lipinski definition) is 1. The summed E-state index contributed by atoms with van der Waals surface area (Å²) in [6.45, 7) is 1.64. The standard InChI is InChI=1S/C12H17NO3S/c1-15-11(14)10-4-3-9(16-10)7-13-8-12(17-2)5-6-12/h3-4,13H,5-8H2,1-2H3. The van der Waals surface area contributed by atoms with Gasteiger partial charge in [-0.05, 0) is 31.2 Å². The van der Waals surface area contributed by atoms with Gasteiger partial charge in [0, 0.05) is 11.3 Å². The molecule has 17 heavy (non-hydrogen) atoms. The monoisotopic (exact) mass is 255 g/mol. The van der Waals surface area contributed by atoms with Gasteiger partial charge in [-0.25, -0.2) is 4.79 Å². The van der Waals surface area contributed by atoms with E-state index in [1.807, 2.05) is 11.8 Å². The van der Waals surface area contributed by atoms with Crippen LogP contribution in [-0.4, -0.2) is 30.6 Å². The van der Waals surface area contributed by atoms with Crippen molar-refractivity contribution in [2.75, 3.05) is 19.9 Å². The summed E-state index contributed by atoms with van der Waals surface area (Å²) in [6.07, 6.45) is 4.72. The highest BCUT2D eigenvalue weighted by molar-refractivity contribution is 8.00. The molecule has 0 bridgehead atoms. The Morgan fingerprint density at radius 2 is 2.35 bits per heavy atom. The molecule has 0 aliphatic heterocycles. The molecule has 0 radical (unpaired) electrons. The van der Waals surface area contributed by atoms with Gasteiger partial charge in [0.05, 0.1) is 13.7 Å². The summed E-state index contributed by atoms with van der Waals surface area (Å²) in [5.41, 5.74) is 0. The Kier molecular flexibility index (Phi) is 3.79. The van der Waals surface area contributed by atoms with Gasteiger partial charge in [-0.3, -0.25) is 0 Å². The van der Waals surface area contributed by atoms with Crippen molar-refractivity contribution in [2.45, 2.75) is 24.1 Å². The quantitative estimate of drug-likeness (QED) is 0.788. The zero-order valence-electron chi connectivity index (χ0n) is 10.1. The maximum Gasteiger partial charge on any atom is 0.373 e. The molecule has 1 heterocycles. The predicted octanol–water partition coefficient (Wildman–Crippen LogP) is 2.05. The second kappa shape index (κ2) is 5.14. The topological polar surface area (TPSA) is 51.5 Å². The van der Waals surface area contributed by atoms with E-state index in [0.717, 1.165) is 12.3 Å². The van der Waals surface area contributed by atoms with E-state index < -0.39 is 5.97 Å². The molecule has 1 aliphatic rings. The lowest BCUT2D eigenvalue weighted by Gasteiger charge is -2.11. The van der Waals surface area contributed by atoms with E-state index >= 15 is 0 Å². The van der Waals surface area contributed by atoms with Crippen LogP contribution in [-0.2, 0) is 11.3 Å². The van der Waals surface area contributed by atoms with Crippen LogP contribution in [0.15, 0.2) is 16.5 Å². The molecule has 0 saturated heterocycles. The van der Waals surface area contributed by atoms with Gasteiger partial charge in [-0.2, -0.15) is 11.8 Å². The van der Waals surface area contributed by atoms with E-state index in [4.69, 9.17) is 4.42 Å². The van der Waals surface area contributed by atoms with Crippen molar-refractivity contribution in [3.63, 3.8) is 0 Å². The van der Waals surface area contributed by atoms with Crippen LogP contribution in [0.2, 0.25) is 0 Å². The zero-order chi connectivity index (χ0) is 12.3. The zero-order valence-corrected chi connectivity index (χ0v) is 10.9. The minimum absolute atomic E-state index is 0.260. The lowest BCUT2D eigenvalue weighted by atomic mass is 10.4. The first kappa shape index (κ1) is 12.5. The van der Waals surface area contributed by atoms with E-state index in [0.29, 0.717) is 11.3 Å². The minimum atomic E-state index is -0.431. The van der Waals surface area contributed by atoms with Crippen LogP contribution in [0.5, 0.6) is 0 Å². The Morgan fingerprint density at radius 1 is 1.59 bits per heavy atom. The first-order chi connectivity index (χ1) is 8.19. The highest BCUT2D eigenvalue weighted by Gasteiger charge is 2.41. The minimum Gasteiger partial charge on any atom is -0.463 e. The molecule has 0 amide bonds. The molecule has 2 rings (SSSR count). The summed E-state index contributed by atoms with van der Waals surface area (Å²) >= 11 is 1.92. The van der Waals surface area contributed by atoms with Crippen LogP contribution in [0, 0.1) is 0 Å². The van der Waals surface area contributed by atoms with Crippen LogP contribution >= 0.6 is 11.8 Å². The molecule has 1 saturated carbocycles. The van der Waals surface area contributed by atoms with Gasteiger partial charge in [0.25, 0.3) is 0 Å². The van der Waals surface area contributed by atoms with Gasteiger partial charge in [-0.15, -0.1) is 0 Å². The average molecular weight is 255 g/mol. The van der Waals surface area contributed by atoms with E-state index in [1.54, 1.807) is 12.1 Å². The fraction of sp³-hybridized carbons (Fsp3) is 0.583. The molecular formula is C12H17NO3S.